The molecule has 0 bridgehead atoms. The molecule has 3 N–H and O–H groups in total. The number of hydrogen-bond donors (Lipinski definition) is 2. The number of rotatable bonds is 6. The van der Waals surface area contributed by atoms with Gasteiger partial charge in [-0.15, -0.1) is 0 Å². The Labute approximate surface area is 114 Å². The number of carbonyl (C=O) groups excluding carboxylic acids is 1. The van der Waals surface area contributed by atoms with Crippen LogP contribution in [-0.4, -0.2) is 27.8 Å². The molecule has 20 heavy (non-hydrogen) atoms. The van der Waals surface area contributed by atoms with Crippen LogP contribution in [0.25, 0.3) is 0 Å². The lowest BCUT2D eigenvalue weighted by molar-refractivity contribution is -0.141. The van der Waals surface area contributed by atoms with Gasteiger partial charge in [0.25, 0.3) is 0 Å². The number of nitrogens with two attached hydrogens (primary N) is 1. The molecule has 1 atom stereocenters. The maximum Gasteiger partial charge on any atom is 0.435 e. The molecule has 1 aromatic heterocycles. The molecule has 112 valence electrons. The van der Waals surface area contributed by atoms with Crippen molar-refractivity contribution in [1.29, 1.82) is 0 Å². The van der Waals surface area contributed by atoms with E-state index in [0.29, 0.717) is 6.54 Å². The van der Waals surface area contributed by atoms with Crippen LogP contribution in [0.1, 0.15) is 25.5 Å². The van der Waals surface area contributed by atoms with E-state index >= 15 is 0 Å². The van der Waals surface area contributed by atoms with E-state index in [0.717, 1.165) is 23.6 Å². The average molecular weight is 290 g/mol. The van der Waals surface area contributed by atoms with Crippen molar-refractivity contribution in [1.82, 2.24) is 15.1 Å². The van der Waals surface area contributed by atoms with Crippen molar-refractivity contribution in [3.05, 3.63) is 18.0 Å². The smallest absolute Gasteiger partial charge is 0.368 e. The van der Waals surface area contributed by atoms with Crippen LogP contribution in [0.2, 0.25) is 0 Å². The van der Waals surface area contributed by atoms with Crippen molar-refractivity contribution >= 4 is 5.91 Å². The molecule has 1 fully saturated rings. The van der Waals surface area contributed by atoms with Gasteiger partial charge in [0.05, 0.1) is 6.54 Å². The zero-order valence-electron chi connectivity index (χ0n) is 11.1. The van der Waals surface area contributed by atoms with Crippen LogP contribution in [0.5, 0.6) is 0 Å². The Morgan fingerprint density at radius 1 is 1.55 bits per heavy atom. The Balaban J connectivity index is 2.24. The first-order valence-corrected chi connectivity index (χ1v) is 6.45. The van der Waals surface area contributed by atoms with E-state index in [1.807, 2.05) is 6.92 Å². The van der Waals surface area contributed by atoms with Crippen LogP contribution in [0.15, 0.2) is 12.3 Å². The summed E-state index contributed by atoms with van der Waals surface area (Å²) in [6.07, 6.45) is -1.59. The fourth-order valence-corrected chi connectivity index (χ4v) is 2.44. The molecule has 1 heterocycles. The van der Waals surface area contributed by atoms with Gasteiger partial charge in [0.2, 0.25) is 5.91 Å². The highest BCUT2D eigenvalue weighted by atomic mass is 19.4. The number of amides is 1. The molecule has 0 spiro atoms. The van der Waals surface area contributed by atoms with Gasteiger partial charge in [-0.1, -0.05) is 6.92 Å². The van der Waals surface area contributed by atoms with E-state index in [1.54, 1.807) is 0 Å². The van der Waals surface area contributed by atoms with E-state index < -0.39 is 23.3 Å². The van der Waals surface area contributed by atoms with E-state index in [9.17, 15) is 18.0 Å². The van der Waals surface area contributed by atoms with E-state index in [-0.39, 0.29) is 12.5 Å². The largest absolute Gasteiger partial charge is 0.435 e. The molecule has 1 aromatic rings. The highest BCUT2D eigenvalue weighted by Crippen LogP contribution is 2.40. The van der Waals surface area contributed by atoms with Gasteiger partial charge in [-0.25, -0.2) is 0 Å². The fraction of sp³-hybridized carbons (Fsp3) is 0.667. The van der Waals surface area contributed by atoms with Crippen LogP contribution in [0.4, 0.5) is 13.2 Å². The van der Waals surface area contributed by atoms with Crippen molar-refractivity contribution in [3.63, 3.8) is 0 Å². The predicted octanol–water partition coefficient (Wildman–Crippen LogP) is 1.15. The van der Waals surface area contributed by atoms with Crippen LogP contribution in [-0.2, 0) is 17.5 Å². The number of nitrogens with zero attached hydrogens (tertiary/aromatic N) is 2. The number of likely N-dealkylation sites (N-methyl/N-ethyl adjacent to an activating group) is 1. The van der Waals surface area contributed by atoms with Crippen molar-refractivity contribution < 1.29 is 18.0 Å². The number of carbonyl (C=O) groups is 1. The molecule has 0 aromatic carbocycles. The van der Waals surface area contributed by atoms with Gasteiger partial charge in [0.15, 0.2) is 5.69 Å². The van der Waals surface area contributed by atoms with Gasteiger partial charge in [-0.3, -0.25) is 9.48 Å². The van der Waals surface area contributed by atoms with Crippen molar-refractivity contribution in [2.45, 2.75) is 38.0 Å². The summed E-state index contributed by atoms with van der Waals surface area (Å²) in [4.78, 5) is 11.8. The lowest BCUT2D eigenvalue weighted by Gasteiger charge is -2.31. The molecule has 1 aliphatic rings. The average Bonchev–Trinajstić information content (AvgIpc) is 3.07. The summed E-state index contributed by atoms with van der Waals surface area (Å²) in [6, 6.07) is 0.893. The highest BCUT2D eigenvalue weighted by Gasteiger charge is 2.50. The Morgan fingerprint density at radius 3 is 2.60 bits per heavy atom. The second kappa shape index (κ2) is 5.08. The Morgan fingerprint density at radius 2 is 2.20 bits per heavy atom. The molecule has 0 radical (unpaired) electrons. The Hall–Kier alpha value is -1.57. The standard InChI is InChI=1S/C12H17F3N4O/c1-2-17-11(10(16)20,8-3-4-8)7-19-6-5-9(18-19)12(13,14)15/h5-6,8,17H,2-4,7H2,1H3,(H2,16,20). The first-order chi connectivity index (χ1) is 9.29. The molecule has 1 amide bonds. The lowest BCUT2D eigenvalue weighted by atomic mass is 9.92. The Kier molecular flexibility index (Phi) is 3.77. The third-order valence-corrected chi connectivity index (χ3v) is 3.55. The third kappa shape index (κ3) is 2.79. The SMILES string of the molecule is CCNC(Cn1ccc(C(F)(F)F)n1)(C(N)=O)C1CC1. The summed E-state index contributed by atoms with van der Waals surface area (Å²) in [7, 11) is 0. The highest BCUT2D eigenvalue weighted by molar-refractivity contribution is 5.85. The summed E-state index contributed by atoms with van der Waals surface area (Å²) in [5, 5.41) is 6.52. The molecular weight excluding hydrogens is 273 g/mol. The van der Waals surface area contributed by atoms with Crippen LogP contribution >= 0.6 is 0 Å². The molecule has 0 aliphatic heterocycles. The number of nitrogens with one attached hydrogen (secondary N) is 1. The normalized spacial score (nSPS) is 18.8. The summed E-state index contributed by atoms with van der Waals surface area (Å²) < 4.78 is 38.7. The molecule has 5 nitrogen and oxygen atoms in total. The van der Waals surface area contributed by atoms with Crippen LogP contribution < -0.4 is 11.1 Å². The van der Waals surface area contributed by atoms with E-state index in [1.165, 1.54) is 6.20 Å². The quantitative estimate of drug-likeness (QED) is 0.825. The first kappa shape index (κ1) is 14.8. The first-order valence-electron chi connectivity index (χ1n) is 6.45. The fourth-order valence-electron chi connectivity index (χ4n) is 2.44. The minimum Gasteiger partial charge on any atom is -0.368 e. The second-order valence-electron chi connectivity index (χ2n) is 5.04. The van der Waals surface area contributed by atoms with Gasteiger partial charge >= 0.3 is 6.18 Å². The zero-order chi connectivity index (χ0) is 15.0. The number of alkyl halides is 3. The van der Waals surface area contributed by atoms with Crippen molar-refractivity contribution in [3.8, 4) is 0 Å². The topological polar surface area (TPSA) is 72.9 Å². The summed E-state index contributed by atoms with van der Waals surface area (Å²) in [5.41, 5.74) is 3.48. The summed E-state index contributed by atoms with van der Waals surface area (Å²) in [6.45, 7) is 2.34. The van der Waals surface area contributed by atoms with Gasteiger partial charge in [0, 0.05) is 6.20 Å². The molecule has 2 rings (SSSR count). The minimum atomic E-state index is -4.49. The third-order valence-electron chi connectivity index (χ3n) is 3.55. The van der Waals surface area contributed by atoms with Gasteiger partial charge in [-0.2, -0.15) is 18.3 Å². The molecule has 1 aliphatic carbocycles. The maximum absolute atomic E-state index is 12.5. The maximum atomic E-state index is 12.5. The zero-order valence-corrected chi connectivity index (χ0v) is 11.1. The monoisotopic (exact) mass is 290 g/mol. The van der Waals surface area contributed by atoms with Crippen LogP contribution in [0, 0.1) is 5.92 Å². The summed E-state index contributed by atoms with van der Waals surface area (Å²) >= 11 is 0. The lowest BCUT2D eigenvalue weighted by Crippen LogP contribution is -2.60. The number of hydrogen-bond acceptors (Lipinski definition) is 3. The van der Waals surface area contributed by atoms with E-state index in [2.05, 4.69) is 10.4 Å². The number of primary amides is 1. The molecule has 0 saturated heterocycles. The van der Waals surface area contributed by atoms with Gasteiger partial charge in [0.1, 0.15) is 5.54 Å². The predicted molar refractivity (Wildman–Crippen MR) is 65.6 cm³/mol. The van der Waals surface area contributed by atoms with Crippen molar-refractivity contribution in [2.24, 2.45) is 11.7 Å². The number of halogens is 3. The van der Waals surface area contributed by atoms with Crippen molar-refractivity contribution in [2.75, 3.05) is 6.54 Å². The molecule has 1 unspecified atom stereocenters. The van der Waals surface area contributed by atoms with Gasteiger partial charge in [-0.05, 0) is 31.4 Å². The molecular formula is C12H17F3N4O. The Bertz CT molecular complexity index is 495. The van der Waals surface area contributed by atoms with Gasteiger partial charge < -0.3 is 11.1 Å². The van der Waals surface area contributed by atoms with Crippen LogP contribution in [0.3, 0.4) is 0 Å². The van der Waals surface area contributed by atoms with E-state index in [4.69, 9.17) is 5.73 Å². The summed E-state index contributed by atoms with van der Waals surface area (Å²) in [5.74, 6) is -0.496. The molecule has 8 heteroatoms. The minimum absolute atomic E-state index is 0.0108. The number of aromatic nitrogens is 2. The molecule has 1 saturated carbocycles. The second-order valence-corrected chi connectivity index (χ2v) is 5.04.